The van der Waals surface area contributed by atoms with Gasteiger partial charge in [0.2, 0.25) is 0 Å². The van der Waals surface area contributed by atoms with Crippen LogP contribution in [-0.2, 0) is 13.0 Å². The molecule has 1 aromatic carbocycles. The van der Waals surface area contributed by atoms with Crippen molar-refractivity contribution in [3.63, 3.8) is 0 Å². The Bertz CT molecular complexity index is 893. The van der Waals surface area contributed by atoms with E-state index in [1.54, 1.807) is 19.2 Å². The number of aliphatic imine (C=N–C) groups is 1. The van der Waals surface area contributed by atoms with Gasteiger partial charge >= 0.3 is 0 Å². The summed E-state index contributed by atoms with van der Waals surface area (Å²) < 4.78 is 13.1. The number of benzene rings is 1. The first-order valence-corrected chi connectivity index (χ1v) is 11.1. The molecule has 7 nitrogen and oxygen atoms in total. The maximum absolute atomic E-state index is 11.9. The first kappa shape index (κ1) is 24.3. The van der Waals surface area contributed by atoms with Gasteiger partial charge in [0.1, 0.15) is 0 Å². The van der Waals surface area contributed by atoms with Gasteiger partial charge in [0.15, 0.2) is 17.5 Å². The van der Waals surface area contributed by atoms with Gasteiger partial charge in [0.25, 0.3) is 5.56 Å². The molecular formula is C24H36N4O3. The number of pyridine rings is 1. The molecule has 1 aromatic heterocycles. The van der Waals surface area contributed by atoms with Gasteiger partial charge in [-0.25, -0.2) is 0 Å². The third-order valence-electron chi connectivity index (χ3n) is 4.91. The zero-order chi connectivity index (χ0) is 22.5. The van der Waals surface area contributed by atoms with Crippen molar-refractivity contribution >= 4 is 5.96 Å². The molecule has 0 saturated carbocycles. The molecule has 31 heavy (non-hydrogen) atoms. The van der Waals surface area contributed by atoms with Crippen LogP contribution in [0.4, 0.5) is 0 Å². The number of rotatable bonds is 12. The molecule has 0 aliphatic rings. The van der Waals surface area contributed by atoms with Crippen molar-refractivity contribution < 1.29 is 9.47 Å². The van der Waals surface area contributed by atoms with E-state index in [9.17, 15) is 4.79 Å². The molecule has 170 valence electrons. The average Bonchev–Trinajstić information content (AvgIpc) is 2.76. The molecule has 2 aromatic rings. The van der Waals surface area contributed by atoms with E-state index in [1.165, 1.54) is 5.56 Å². The third kappa shape index (κ3) is 8.00. The van der Waals surface area contributed by atoms with Gasteiger partial charge in [-0.15, -0.1) is 0 Å². The van der Waals surface area contributed by atoms with E-state index in [4.69, 9.17) is 9.47 Å². The largest absolute Gasteiger partial charge is 0.490 e. The van der Waals surface area contributed by atoms with Crippen molar-refractivity contribution in [1.29, 1.82) is 0 Å². The summed E-state index contributed by atoms with van der Waals surface area (Å²) in [6.45, 7) is 9.43. The number of ether oxygens (including phenoxy) is 2. The van der Waals surface area contributed by atoms with E-state index >= 15 is 0 Å². The van der Waals surface area contributed by atoms with Crippen molar-refractivity contribution in [2.45, 2.75) is 46.6 Å². The summed E-state index contributed by atoms with van der Waals surface area (Å²) in [6.07, 6.45) is 2.74. The van der Waals surface area contributed by atoms with Gasteiger partial charge in [-0.2, -0.15) is 0 Å². The van der Waals surface area contributed by atoms with E-state index in [1.807, 2.05) is 43.5 Å². The van der Waals surface area contributed by atoms with E-state index in [-0.39, 0.29) is 5.56 Å². The fourth-order valence-corrected chi connectivity index (χ4v) is 3.31. The predicted molar refractivity (Wildman–Crippen MR) is 127 cm³/mol. The molecule has 0 unspecified atom stereocenters. The minimum Gasteiger partial charge on any atom is -0.490 e. The topological polar surface area (TPSA) is 76.9 Å². The number of nitrogens with zero attached hydrogens (tertiary/aromatic N) is 2. The number of hydrogen-bond acceptors (Lipinski definition) is 4. The Hall–Kier alpha value is -2.96. The Morgan fingerprint density at radius 3 is 2.45 bits per heavy atom. The number of hydrogen-bond donors (Lipinski definition) is 2. The number of aryl methyl sites for hydroxylation is 1. The predicted octanol–water partition coefficient (Wildman–Crippen LogP) is 3.14. The Balaban J connectivity index is 1.72. The first-order valence-electron chi connectivity index (χ1n) is 11.1. The van der Waals surface area contributed by atoms with Crippen LogP contribution in [-0.4, -0.2) is 43.9 Å². The zero-order valence-electron chi connectivity index (χ0n) is 19.2. The summed E-state index contributed by atoms with van der Waals surface area (Å²) in [4.78, 5) is 16.2. The quantitative estimate of drug-likeness (QED) is 0.309. The van der Waals surface area contributed by atoms with Crippen LogP contribution in [0.3, 0.4) is 0 Å². The van der Waals surface area contributed by atoms with Crippen molar-refractivity contribution in [3.05, 3.63) is 58.0 Å². The lowest BCUT2D eigenvalue weighted by Gasteiger charge is -2.14. The summed E-state index contributed by atoms with van der Waals surface area (Å²) in [5, 5.41) is 6.68. The maximum atomic E-state index is 11.9. The minimum atomic E-state index is 0.0622. The lowest BCUT2D eigenvalue weighted by Crippen LogP contribution is -2.38. The molecule has 0 aliphatic heterocycles. The first-order chi connectivity index (χ1) is 15.1. The molecule has 0 spiro atoms. The molecule has 7 heteroatoms. The molecule has 1 heterocycles. The van der Waals surface area contributed by atoms with E-state index in [0.29, 0.717) is 13.2 Å². The fourth-order valence-electron chi connectivity index (χ4n) is 3.31. The van der Waals surface area contributed by atoms with Gasteiger partial charge in [-0.3, -0.25) is 9.79 Å². The monoisotopic (exact) mass is 428 g/mol. The molecule has 0 saturated heterocycles. The summed E-state index contributed by atoms with van der Waals surface area (Å²) in [5.74, 6) is 2.35. The van der Waals surface area contributed by atoms with E-state index in [2.05, 4.69) is 21.7 Å². The van der Waals surface area contributed by atoms with Crippen molar-refractivity contribution in [2.24, 2.45) is 4.99 Å². The lowest BCUT2D eigenvalue weighted by molar-refractivity contribution is 0.287. The Morgan fingerprint density at radius 2 is 1.74 bits per heavy atom. The molecule has 2 N–H and O–H groups in total. The lowest BCUT2D eigenvalue weighted by atomic mass is 10.1. The number of nitrogens with one attached hydrogen (secondary N) is 2. The van der Waals surface area contributed by atoms with Crippen molar-refractivity contribution in [3.8, 4) is 11.5 Å². The molecular weight excluding hydrogens is 392 g/mol. The highest BCUT2D eigenvalue weighted by Crippen LogP contribution is 2.28. The second-order valence-electron chi connectivity index (χ2n) is 7.19. The Morgan fingerprint density at radius 1 is 1.00 bits per heavy atom. The van der Waals surface area contributed by atoms with Crippen molar-refractivity contribution in [2.75, 3.05) is 33.4 Å². The highest BCUT2D eigenvalue weighted by Gasteiger charge is 2.06. The Kier molecular flexibility index (Phi) is 10.5. The molecule has 2 rings (SSSR count). The number of unbranched alkanes of at least 4 members (excludes halogenated alkanes) is 1. The number of guanidine groups is 1. The summed E-state index contributed by atoms with van der Waals surface area (Å²) in [7, 11) is 1.77. The maximum Gasteiger partial charge on any atom is 0.250 e. The minimum absolute atomic E-state index is 0.0622. The SMILES string of the molecule is CCOc1ccc(CCNC(=NC)NCCCCn2c(C)cccc2=O)cc1OCC. The summed E-state index contributed by atoms with van der Waals surface area (Å²) in [5.41, 5.74) is 2.24. The zero-order valence-corrected chi connectivity index (χ0v) is 19.2. The molecule has 0 atom stereocenters. The highest BCUT2D eigenvalue weighted by molar-refractivity contribution is 5.79. The molecule has 0 amide bonds. The van der Waals surface area contributed by atoms with Gasteiger partial charge in [0, 0.05) is 38.4 Å². The normalized spacial score (nSPS) is 11.3. The van der Waals surface area contributed by atoms with Crippen LogP contribution in [0.1, 0.15) is 37.9 Å². The van der Waals surface area contributed by atoms with E-state index in [0.717, 1.165) is 62.0 Å². The number of aromatic nitrogens is 1. The van der Waals surface area contributed by atoms with Crippen LogP contribution in [0.15, 0.2) is 46.2 Å². The highest BCUT2D eigenvalue weighted by atomic mass is 16.5. The van der Waals surface area contributed by atoms with Crippen LogP contribution in [0.25, 0.3) is 0 Å². The van der Waals surface area contributed by atoms with Gasteiger partial charge in [0.05, 0.1) is 13.2 Å². The molecule has 0 fully saturated rings. The molecule has 0 radical (unpaired) electrons. The van der Waals surface area contributed by atoms with Crippen LogP contribution in [0.2, 0.25) is 0 Å². The second-order valence-corrected chi connectivity index (χ2v) is 7.19. The standard InChI is InChI=1S/C24H36N4O3/c1-5-30-21-13-12-20(18-22(21)31-6-2)14-16-27-24(25-4)26-15-7-8-17-28-19(3)10-9-11-23(28)29/h9-13,18H,5-8,14-17H2,1-4H3,(H2,25,26,27). The van der Waals surface area contributed by atoms with Gasteiger partial charge in [-0.1, -0.05) is 12.1 Å². The van der Waals surface area contributed by atoms with Crippen LogP contribution >= 0.6 is 0 Å². The van der Waals surface area contributed by atoms with Gasteiger partial charge < -0.3 is 24.7 Å². The molecule has 0 bridgehead atoms. The van der Waals surface area contributed by atoms with Crippen molar-refractivity contribution in [1.82, 2.24) is 15.2 Å². The smallest absolute Gasteiger partial charge is 0.250 e. The third-order valence-corrected chi connectivity index (χ3v) is 4.91. The van der Waals surface area contributed by atoms with Crippen LogP contribution in [0.5, 0.6) is 11.5 Å². The molecule has 0 aliphatic carbocycles. The summed E-state index contributed by atoms with van der Waals surface area (Å²) >= 11 is 0. The average molecular weight is 429 g/mol. The Labute approximate surface area is 185 Å². The summed E-state index contributed by atoms with van der Waals surface area (Å²) in [6, 6.07) is 11.5. The fraction of sp³-hybridized carbons (Fsp3) is 0.500. The second kappa shape index (κ2) is 13.4. The van der Waals surface area contributed by atoms with Gasteiger partial charge in [-0.05, 0) is 63.8 Å². The van der Waals surface area contributed by atoms with Crippen LogP contribution < -0.4 is 25.7 Å². The van der Waals surface area contributed by atoms with Crippen LogP contribution in [0, 0.1) is 6.92 Å². The van der Waals surface area contributed by atoms with E-state index < -0.39 is 0 Å².